The van der Waals surface area contributed by atoms with E-state index in [4.69, 9.17) is 9.47 Å². The summed E-state index contributed by atoms with van der Waals surface area (Å²) < 4.78 is 25.5. The Morgan fingerprint density at radius 3 is 2.79 bits per heavy atom. The van der Waals surface area contributed by atoms with Crippen molar-refractivity contribution in [1.82, 2.24) is 5.32 Å². The molecule has 0 radical (unpaired) electrons. The van der Waals surface area contributed by atoms with Gasteiger partial charge in [-0.1, -0.05) is 22.9 Å². The van der Waals surface area contributed by atoms with Crippen LogP contribution in [0.5, 0.6) is 5.75 Å². The molecule has 1 fully saturated rings. The Kier molecular flexibility index (Phi) is 5.19. The molecule has 3 atom stereocenters. The van der Waals surface area contributed by atoms with E-state index in [0.717, 1.165) is 13.0 Å². The van der Waals surface area contributed by atoms with E-state index >= 15 is 0 Å². The van der Waals surface area contributed by atoms with Gasteiger partial charge in [0.25, 0.3) is 0 Å². The Labute approximate surface area is 121 Å². The van der Waals surface area contributed by atoms with Crippen molar-refractivity contribution < 1.29 is 13.9 Å². The van der Waals surface area contributed by atoms with Gasteiger partial charge in [0.1, 0.15) is 23.8 Å². The van der Waals surface area contributed by atoms with Gasteiger partial charge in [-0.15, -0.1) is 0 Å². The Hall–Kier alpha value is -0.650. The van der Waals surface area contributed by atoms with E-state index in [9.17, 15) is 4.39 Å². The van der Waals surface area contributed by atoms with Crippen molar-refractivity contribution in [3.8, 4) is 5.75 Å². The summed E-state index contributed by atoms with van der Waals surface area (Å²) in [4.78, 5) is 0. The first kappa shape index (κ1) is 14.8. The number of hydrogen-bond acceptors (Lipinski definition) is 3. The molecule has 1 aliphatic rings. The predicted octanol–water partition coefficient (Wildman–Crippen LogP) is 3.12. The first-order chi connectivity index (χ1) is 9.13. The smallest absolute Gasteiger partial charge is 0.128 e. The number of likely N-dealkylation sites (N-methyl/N-ethyl adjacent to an activating group) is 1. The summed E-state index contributed by atoms with van der Waals surface area (Å²) in [5.74, 6) is 0.233. The second-order valence-corrected chi connectivity index (χ2v) is 5.50. The summed E-state index contributed by atoms with van der Waals surface area (Å²) in [6.07, 6.45) is 0.900. The Morgan fingerprint density at radius 1 is 1.37 bits per heavy atom. The average Bonchev–Trinajstić information content (AvgIpc) is 2.33. The molecule has 1 aromatic rings. The number of nitrogens with one attached hydrogen (secondary N) is 1. The van der Waals surface area contributed by atoms with E-state index in [1.807, 2.05) is 6.92 Å². The van der Waals surface area contributed by atoms with Crippen molar-refractivity contribution in [2.45, 2.75) is 38.5 Å². The lowest BCUT2D eigenvalue weighted by Crippen LogP contribution is -2.61. The highest BCUT2D eigenvalue weighted by molar-refractivity contribution is 9.10. The molecule has 3 unspecified atom stereocenters. The molecule has 5 heteroatoms. The molecule has 2 rings (SSSR count). The minimum atomic E-state index is -0.306. The van der Waals surface area contributed by atoms with Gasteiger partial charge in [-0.25, -0.2) is 4.39 Å². The normalized spacial score (nSPS) is 26.0. The third-order valence-electron chi connectivity index (χ3n) is 3.20. The standard InChI is InChI=1S/C14H19BrFNO2/c1-3-17-12-8-13(14(12)18-4-2)19-11-6-9(15)5-10(16)7-11/h5-7,12-14,17H,3-4,8H2,1-2H3. The van der Waals surface area contributed by atoms with Crippen molar-refractivity contribution in [2.75, 3.05) is 13.2 Å². The molecule has 0 spiro atoms. The van der Waals surface area contributed by atoms with E-state index in [2.05, 4.69) is 28.2 Å². The number of benzene rings is 1. The summed E-state index contributed by atoms with van der Waals surface area (Å²) in [6, 6.07) is 4.91. The van der Waals surface area contributed by atoms with Gasteiger partial charge < -0.3 is 14.8 Å². The van der Waals surface area contributed by atoms with Crippen LogP contribution in [0.2, 0.25) is 0 Å². The van der Waals surface area contributed by atoms with Crippen LogP contribution in [-0.2, 0) is 4.74 Å². The van der Waals surface area contributed by atoms with Gasteiger partial charge >= 0.3 is 0 Å². The Balaban J connectivity index is 1.98. The molecule has 106 valence electrons. The molecule has 1 saturated carbocycles. The van der Waals surface area contributed by atoms with E-state index in [1.165, 1.54) is 12.1 Å². The minimum Gasteiger partial charge on any atom is -0.487 e. The van der Waals surface area contributed by atoms with Crippen molar-refractivity contribution >= 4 is 15.9 Å². The first-order valence-corrected chi connectivity index (χ1v) is 7.41. The summed E-state index contributed by atoms with van der Waals surface area (Å²) in [5, 5.41) is 3.37. The molecule has 3 nitrogen and oxygen atoms in total. The molecule has 19 heavy (non-hydrogen) atoms. The highest BCUT2D eigenvalue weighted by Gasteiger charge is 2.43. The molecule has 0 aromatic heterocycles. The molecule has 0 amide bonds. The zero-order valence-corrected chi connectivity index (χ0v) is 12.7. The fourth-order valence-electron chi connectivity index (χ4n) is 2.35. The maximum absolute atomic E-state index is 13.3. The highest BCUT2D eigenvalue weighted by atomic mass is 79.9. The van der Waals surface area contributed by atoms with Crippen molar-refractivity contribution in [2.24, 2.45) is 0 Å². The molecule has 0 heterocycles. The summed E-state index contributed by atoms with van der Waals surface area (Å²) >= 11 is 3.26. The fraction of sp³-hybridized carbons (Fsp3) is 0.571. The van der Waals surface area contributed by atoms with Gasteiger partial charge in [-0.05, 0) is 25.6 Å². The van der Waals surface area contributed by atoms with Crippen LogP contribution in [0.1, 0.15) is 20.3 Å². The SMILES string of the molecule is CCNC1CC(Oc2cc(F)cc(Br)c2)C1OCC. The topological polar surface area (TPSA) is 30.5 Å². The van der Waals surface area contributed by atoms with Crippen LogP contribution in [0.15, 0.2) is 22.7 Å². The van der Waals surface area contributed by atoms with Gasteiger partial charge in [0.2, 0.25) is 0 Å². The van der Waals surface area contributed by atoms with Gasteiger partial charge in [-0.3, -0.25) is 0 Å². The lowest BCUT2D eigenvalue weighted by atomic mass is 9.85. The maximum Gasteiger partial charge on any atom is 0.128 e. The fourth-order valence-corrected chi connectivity index (χ4v) is 2.79. The van der Waals surface area contributed by atoms with Crippen LogP contribution in [0.25, 0.3) is 0 Å². The second-order valence-electron chi connectivity index (χ2n) is 4.58. The predicted molar refractivity (Wildman–Crippen MR) is 76.0 cm³/mol. The highest BCUT2D eigenvalue weighted by Crippen LogP contribution is 2.30. The number of hydrogen-bond donors (Lipinski definition) is 1. The van der Waals surface area contributed by atoms with Crippen molar-refractivity contribution in [3.63, 3.8) is 0 Å². The largest absolute Gasteiger partial charge is 0.487 e. The molecule has 1 aliphatic carbocycles. The maximum atomic E-state index is 13.3. The lowest BCUT2D eigenvalue weighted by molar-refractivity contribution is -0.104. The first-order valence-electron chi connectivity index (χ1n) is 6.61. The van der Waals surface area contributed by atoms with E-state index < -0.39 is 0 Å². The molecular formula is C14H19BrFNO2. The summed E-state index contributed by atoms with van der Waals surface area (Å²) in [5.41, 5.74) is 0. The van der Waals surface area contributed by atoms with Crippen LogP contribution in [0.4, 0.5) is 4.39 Å². The Morgan fingerprint density at radius 2 is 2.16 bits per heavy atom. The quantitative estimate of drug-likeness (QED) is 0.868. The average molecular weight is 332 g/mol. The second kappa shape index (κ2) is 6.68. The van der Waals surface area contributed by atoms with Crippen molar-refractivity contribution in [1.29, 1.82) is 0 Å². The van der Waals surface area contributed by atoms with Crippen LogP contribution < -0.4 is 10.1 Å². The van der Waals surface area contributed by atoms with Gasteiger partial charge in [0.05, 0.1) is 0 Å². The van der Waals surface area contributed by atoms with Crippen LogP contribution in [0.3, 0.4) is 0 Å². The Bertz CT molecular complexity index is 410. The summed E-state index contributed by atoms with van der Waals surface area (Å²) in [6.45, 7) is 5.60. The number of ether oxygens (including phenoxy) is 2. The molecule has 0 aliphatic heterocycles. The molecule has 1 aromatic carbocycles. The molecule has 1 N–H and O–H groups in total. The van der Waals surface area contributed by atoms with Gasteiger partial charge in [0, 0.05) is 29.6 Å². The third kappa shape index (κ3) is 3.68. The van der Waals surface area contributed by atoms with Crippen LogP contribution in [-0.4, -0.2) is 31.4 Å². The van der Waals surface area contributed by atoms with Crippen LogP contribution >= 0.6 is 15.9 Å². The third-order valence-corrected chi connectivity index (χ3v) is 3.66. The molecular weight excluding hydrogens is 313 g/mol. The van der Waals surface area contributed by atoms with Crippen molar-refractivity contribution in [3.05, 3.63) is 28.5 Å². The van der Waals surface area contributed by atoms with E-state index in [0.29, 0.717) is 22.9 Å². The monoisotopic (exact) mass is 331 g/mol. The molecule has 0 bridgehead atoms. The van der Waals surface area contributed by atoms with E-state index in [-0.39, 0.29) is 18.0 Å². The molecule has 0 saturated heterocycles. The van der Waals surface area contributed by atoms with Gasteiger partial charge in [0.15, 0.2) is 0 Å². The summed E-state index contributed by atoms with van der Waals surface area (Å²) in [7, 11) is 0. The number of rotatable bonds is 6. The lowest BCUT2D eigenvalue weighted by Gasteiger charge is -2.44. The van der Waals surface area contributed by atoms with Crippen LogP contribution in [0, 0.1) is 5.82 Å². The zero-order chi connectivity index (χ0) is 13.8. The minimum absolute atomic E-state index is 0.0160. The number of halogens is 2. The van der Waals surface area contributed by atoms with Gasteiger partial charge in [-0.2, -0.15) is 0 Å². The zero-order valence-electron chi connectivity index (χ0n) is 11.2. The van der Waals surface area contributed by atoms with E-state index in [1.54, 1.807) is 6.07 Å².